The highest BCUT2D eigenvalue weighted by atomic mass is 16.2. The summed E-state index contributed by atoms with van der Waals surface area (Å²) in [6, 6.07) is 18.9. The van der Waals surface area contributed by atoms with Crippen molar-refractivity contribution in [2.75, 3.05) is 0 Å². The minimum Gasteiger partial charge on any atom is -0.333 e. The lowest BCUT2D eigenvalue weighted by molar-refractivity contribution is -0.134. The lowest BCUT2D eigenvalue weighted by atomic mass is 10.0. The molecule has 0 saturated heterocycles. The zero-order valence-electron chi connectivity index (χ0n) is 13.9. The summed E-state index contributed by atoms with van der Waals surface area (Å²) in [7, 11) is 0. The molecular formula is C21H24N2O. The van der Waals surface area contributed by atoms with Crippen molar-refractivity contribution in [1.29, 1.82) is 0 Å². The summed E-state index contributed by atoms with van der Waals surface area (Å²) in [6.45, 7) is 0. The SMILES string of the molecule is NC(CC(=O)N(C1CC1)C1CCc2ccccc21)c1ccccc1. The van der Waals surface area contributed by atoms with Crippen molar-refractivity contribution in [1.82, 2.24) is 4.90 Å². The van der Waals surface area contributed by atoms with Gasteiger partial charge < -0.3 is 10.6 Å². The fourth-order valence-electron chi connectivity index (χ4n) is 3.92. The van der Waals surface area contributed by atoms with Gasteiger partial charge in [0.25, 0.3) is 0 Å². The van der Waals surface area contributed by atoms with E-state index < -0.39 is 0 Å². The van der Waals surface area contributed by atoms with Gasteiger partial charge in [0.2, 0.25) is 5.91 Å². The van der Waals surface area contributed by atoms with Gasteiger partial charge in [-0.1, -0.05) is 54.6 Å². The third-order valence-corrected chi connectivity index (χ3v) is 5.29. The fraction of sp³-hybridized carbons (Fsp3) is 0.381. The second-order valence-corrected chi connectivity index (χ2v) is 7.01. The third kappa shape index (κ3) is 2.96. The second kappa shape index (κ2) is 6.40. The average Bonchev–Trinajstić information content (AvgIpc) is 3.36. The van der Waals surface area contributed by atoms with E-state index in [1.807, 2.05) is 30.3 Å². The Balaban J connectivity index is 1.53. The first-order valence-electron chi connectivity index (χ1n) is 8.93. The number of nitrogens with two attached hydrogens (primary N) is 1. The van der Waals surface area contributed by atoms with Gasteiger partial charge in [0.15, 0.2) is 0 Å². The predicted molar refractivity (Wildman–Crippen MR) is 95.4 cm³/mol. The Kier molecular flexibility index (Phi) is 4.11. The van der Waals surface area contributed by atoms with Crippen LogP contribution in [0.3, 0.4) is 0 Å². The van der Waals surface area contributed by atoms with Crippen molar-refractivity contribution in [2.24, 2.45) is 5.73 Å². The molecule has 0 aromatic heterocycles. The maximum atomic E-state index is 13.1. The van der Waals surface area contributed by atoms with Crippen LogP contribution in [-0.2, 0) is 11.2 Å². The van der Waals surface area contributed by atoms with Gasteiger partial charge in [0, 0.05) is 18.5 Å². The Labute approximate surface area is 143 Å². The fourth-order valence-corrected chi connectivity index (χ4v) is 3.92. The molecule has 3 heteroatoms. The molecule has 0 aliphatic heterocycles. The van der Waals surface area contributed by atoms with Crippen molar-refractivity contribution in [3.8, 4) is 0 Å². The predicted octanol–water partition coefficient (Wildman–Crippen LogP) is 3.76. The number of hydrogen-bond acceptors (Lipinski definition) is 2. The van der Waals surface area contributed by atoms with E-state index in [2.05, 4.69) is 29.2 Å². The average molecular weight is 320 g/mol. The van der Waals surface area contributed by atoms with Crippen molar-refractivity contribution in [2.45, 2.75) is 50.2 Å². The van der Waals surface area contributed by atoms with Crippen LogP contribution in [0.5, 0.6) is 0 Å². The smallest absolute Gasteiger partial charge is 0.225 e. The normalized spacial score (nSPS) is 20.5. The summed E-state index contributed by atoms with van der Waals surface area (Å²) in [5.74, 6) is 0.204. The van der Waals surface area contributed by atoms with Crippen molar-refractivity contribution in [3.63, 3.8) is 0 Å². The monoisotopic (exact) mass is 320 g/mol. The highest BCUT2D eigenvalue weighted by molar-refractivity contribution is 5.78. The zero-order valence-corrected chi connectivity index (χ0v) is 13.9. The van der Waals surface area contributed by atoms with Crippen LogP contribution in [0, 0.1) is 0 Å². The summed E-state index contributed by atoms with van der Waals surface area (Å²) in [4.78, 5) is 15.2. The Morgan fingerprint density at radius 3 is 2.50 bits per heavy atom. The third-order valence-electron chi connectivity index (χ3n) is 5.29. The summed E-state index contributed by atoms with van der Waals surface area (Å²) < 4.78 is 0. The molecule has 2 unspecified atom stereocenters. The molecule has 24 heavy (non-hydrogen) atoms. The van der Waals surface area contributed by atoms with E-state index in [4.69, 9.17) is 5.73 Å². The molecule has 2 N–H and O–H groups in total. The first-order valence-corrected chi connectivity index (χ1v) is 8.93. The van der Waals surface area contributed by atoms with E-state index in [1.165, 1.54) is 11.1 Å². The molecule has 0 heterocycles. The van der Waals surface area contributed by atoms with Crippen LogP contribution in [0.2, 0.25) is 0 Å². The molecule has 2 aromatic rings. The number of rotatable bonds is 5. The van der Waals surface area contributed by atoms with Gasteiger partial charge >= 0.3 is 0 Å². The van der Waals surface area contributed by atoms with E-state index in [0.717, 1.165) is 31.2 Å². The van der Waals surface area contributed by atoms with Gasteiger partial charge in [-0.2, -0.15) is 0 Å². The molecule has 2 atom stereocenters. The minimum atomic E-state index is -0.225. The maximum Gasteiger partial charge on any atom is 0.225 e. The van der Waals surface area contributed by atoms with Crippen LogP contribution in [0.4, 0.5) is 0 Å². The van der Waals surface area contributed by atoms with E-state index in [-0.39, 0.29) is 18.0 Å². The Morgan fingerprint density at radius 2 is 1.75 bits per heavy atom. The lowest BCUT2D eigenvalue weighted by Gasteiger charge is -2.31. The molecule has 2 aliphatic rings. The number of nitrogens with zero attached hydrogens (tertiary/aromatic N) is 1. The van der Waals surface area contributed by atoms with Crippen LogP contribution in [-0.4, -0.2) is 16.8 Å². The second-order valence-electron chi connectivity index (χ2n) is 7.01. The maximum absolute atomic E-state index is 13.1. The van der Waals surface area contributed by atoms with Gasteiger partial charge in [-0.3, -0.25) is 4.79 Å². The molecule has 1 saturated carbocycles. The molecule has 4 rings (SSSR count). The van der Waals surface area contributed by atoms with Gasteiger partial charge in [-0.25, -0.2) is 0 Å². The molecule has 2 aromatic carbocycles. The summed E-state index contributed by atoms with van der Waals surface area (Å²) in [5.41, 5.74) is 10.1. The van der Waals surface area contributed by atoms with Crippen LogP contribution >= 0.6 is 0 Å². The molecular weight excluding hydrogens is 296 g/mol. The van der Waals surface area contributed by atoms with Gasteiger partial charge in [0.05, 0.1) is 6.04 Å². The molecule has 3 nitrogen and oxygen atoms in total. The Bertz CT molecular complexity index is 724. The quantitative estimate of drug-likeness (QED) is 0.912. The number of carbonyl (C=O) groups excluding carboxylic acids is 1. The molecule has 2 aliphatic carbocycles. The largest absolute Gasteiger partial charge is 0.333 e. The first-order chi connectivity index (χ1) is 11.7. The molecule has 1 fully saturated rings. The van der Waals surface area contributed by atoms with Crippen LogP contribution < -0.4 is 5.73 Å². The summed E-state index contributed by atoms with van der Waals surface area (Å²) in [5, 5.41) is 0. The molecule has 124 valence electrons. The lowest BCUT2D eigenvalue weighted by Crippen LogP contribution is -2.37. The van der Waals surface area contributed by atoms with Gasteiger partial charge in [-0.15, -0.1) is 0 Å². The van der Waals surface area contributed by atoms with E-state index in [0.29, 0.717) is 12.5 Å². The first kappa shape index (κ1) is 15.4. The van der Waals surface area contributed by atoms with Crippen molar-refractivity contribution >= 4 is 5.91 Å². The Hall–Kier alpha value is -2.13. The van der Waals surface area contributed by atoms with Crippen LogP contribution in [0.25, 0.3) is 0 Å². The highest BCUT2D eigenvalue weighted by Crippen LogP contribution is 2.42. The number of carbonyl (C=O) groups is 1. The number of amides is 1. The van der Waals surface area contributed by atoms with Crippen molar-refractivity contribution < 1.29 is 4.79 Å². The molecule has 1 amide bonds. The van der Waals surface area contributed by atoms with Crippen molar-refractivity contribution in [3.05, 3.63) is 71.3 Å². The summed E-state index contributed by atoms with van der Waals surface area (Å²) >= 11 is 0. The van der Waals surface area contributed by atoms with E-state index in [1.54, 1.807) is 0 Å². The van der Waals surface area contributed by atoms with E-state index >= 15 is 0 Å². The van der Waals surface area contributed by atoms with Gasteiger partial charge in [-0.05, 0) is 42.4 Å². The minimum absolute atomic E-state index is 0.204. The number of benzene rings is 2. The molecule has 0 bridgehead atoms. The summed E-state index contributed by atoms with van der Waals surface area (Å²) in [6.07, 6.45) is 4.76. The Morgan fingerprint density at radius 1 is 1.04 bits per heavy atom. The van der Waals surface area contributed by atoms with Crippen LogP contribution in [0.1, 0.15) is 54.5 Å². The van der Waals surface area contributed by atoms with E-state index in [9.17, 15) is 4.79 Å². The van der Waals surface area contributed by atoms with Gasteiger partial charge in [0.1, 0.15) is 0 Å². The zero-order chi connectivity index (χ0) is 16.5. The molecule has 0 radical (unpaired) electrons. The number of aryl methyl sites for hydroxylation is 1. The topological polar surface area (TPSA) is 46.3 Å². The standard InChI is InChI=1S/C21H24N2O/c22-19(16-7-2-1-3-8-16)14-21(24)23(17-11-12-17)20-13-10-15-6-4-5-9-18(15)20/h1-9,17,19-20H,10-14,22H2. The number of hydrogen-bond donors (Lipinski definition) is 1. The highest BCUT2D eigenvalue weighted by Gasteiger charge is 2.40. The number of fused-ring (bicyclic) bond motifs is 1. The molecule has 0 spiro atoms. The van der Waals surface area contributed by atoms with Crippen LogP contribution in [0.15, 0.2) is 54.6 Å².